The van der Waals surface area contributed by atoms with Crippen LogP contribution in [0.3, 0.4) is 0 Å². The predicted octanol–water partition coefficient (Wildman–Crippen LogP) is 2.61. The molecule has 2 aromatic heterocycles. The van der Waals surface area contributed by atoms with E-state index in [1.54, 1.807) is 10.9 Å². The minimum atomic E-state index is -1.20. The molecule has 8 heteroatoms. The molecule has 0 aliphatic carbocycles. The Morgan fingerprint density at radius 3 is 2.83 bits per heavy atom. The highest BCUT2D eigenvalue weighted by molar-refractivity contribution is 7.84. The predicted molar refractivity (Wildman–Crippen MR) is 89.9 cm³/mol. The number of aromatic nitrogens is 5. The number of rotatable bonds is 7. The van der Waals surface area contributed by atoms with E-state index in [1.807, 2.05) is 44.2 Å². The lowest BCUT2D eigenvalue weighted by Gasteiger charge is -2.05. The van der Waals surface area contributed by atoms with Crippen LogP contribution >= 0.6 is 0 Å². The molecule has 0 bridgehead atoms. The van der Waals surface area contributed by atoms with Crippen LogP contribution in [0.1, 0.15) is 42.9 Å². The molecule has 0 radical (unpaired) electrons. The summed E-state index contributed by atoms with van der Waals surface area (Å²) in [6.45, 7) is 3.91. The molecule has 0 spiro atoms. The number of nitrogens with zero attached hydrogens (tertiary/aromatic N) is 5. The van der Waals surface area contributed by atoms with Crippen molar-refractivity contribution in [3.8, 4) is 5.69 Å². The van der Waals surface area contributed by atoms with Gasteiger partial charge < -0.3 is 4.52 Å². The third kappa shape index (κ3) is 3.76. The standard InChI is InChI=1S/C16H19N5O2S/c1-3-7-16-17-15(19-23-16)11-24(22)12(2)14-10-21(20-18-14)13-8-5-4-6-9-13/h4-6,8-10,12H,3,7,11H2,1-2H3. The summed E-state index contributed by atoms with van der Waals surface area (Å²) in [6, 6.07) is 9.69. The summed E-state index contributed by atoms with van der Waals surface area (Å²) in [4.78, 5) is 4.26. The molecule has 0 N–H and O–H groups in total. The Balaban J connectivity index is 1.68. The minimum Gasteiger partial charge on any atom is -0.339 e. The molecule has 126 valence electrons. The Kier molecular flexibility index (Phi) is 5.14. The van der Waals surface area contributed by atoms with Gasteiger partial charge >= 0.3 is 0 Å². The average molecular weight is 345 g/mol. The smallest absolute Gasteiger partial charge is 0.226 e. The number of hydrogen-bond donors (Lipinski definition) is 0. The van der Waals surface area contributed by atoms with Gasteiger partial charge in [-0.3, -0.25) is 4.21 Å². The van der Waals surface area contributed by atoms with Gasteiger partial charge in [-0.25, -0.2) is 4.68 Å². The van der Waals surface area contributed by atoms with Crippen LogP contribution in [-0.2, 0) is 23.0 Å². The van der Waals surface area contributed by atoms with Crippen molar-refractivity contribution in [2.45, 2.75) is 37.7 Å². The molecular weight excluding hydrogens is 326 g/mol. The first-order chi connectivity index (χ1) is 11.7. The average Bonchev–Trinajstić information content (AvgIpc) is 3.25. The number of aryl methyl sites for hydroxylation is 1. The number of benzene rings is 1. The topological polar surface area (TPSA) is 86.7 Å². The van der Waals surface area contributed by atoms with Crippen molar-refractivity contribution in [2.75, 3.05) is 0 Å². The zero-order valence-electron chi connectivity index (χ0n) is 13.6. The van der Waals surface area contributed by atoms with E-state index in [-0.39, 0.29) is 11.0 Å². The molecular formula is C16H19N5O2S. The van der Waals surface area contributed by atoms with Crippen molar-refractivity contribution in [1.29, 1.82) is 0 Å². The number of para-hydroxylation sites is 1. The SMILES string of the molecule is CCCc1nc(CS(=O)C(C)c2cn(-c3ccccc3)nn2)no1. The molecule has 2 atom stereocenters. The minimum absolute atomic E-state index is 0.243. The largest absolute Gasteiger partial charge is 0.339 e. The van der Waals surface area contributed by atoms with Crippen LogP contribution in [0, 0.1) is 0 Å². The van der Waals surface area contributed by atoms with E-state index >= 15 is 0 Å². The van der Waals surface area contributed by atoms with E-state index in [1.165, 1.54) is 0 Å². The van der Waals surface area contributed by atoms with Crippen molar-refractivity contribution in [2.24, 2.45) is 0 Å². The molecule has 0 saturated heterocycles. The van der Waals surface area contributed by atoms with Crippen LogP contribution in [0.5, 0.6) is 0 Å². The van der Waals surface area contributed by atoms with Crippen molar-refractivity contribution in [1.82, 2.24) is 25.1 Å². The van der Waals surface area contributed by atoms with Gasteiger partial charge in [-0.1, -0.05) is 35.5 Å². The molecule has 2 unspecified atom stereocenters. The maximum atomic E-state index is 12.5. The lowest BCUT2D eigenvalue weighted by atomic mass is 10.3. The Hall–Kier alpha value is -2.35. The summed E-state index contributed by atoms with van der Waals surface area (Å²) < 4.78 is 19.3. The molecule has 2 heterocycles. The second kappa shape index (κ2) is 7.48. The van der Waals surface area contributed by atoms with Crippen molar-refractivity contribution in [3.05, 3.63) is 53.9 Å². The van der Waals surface area contributed by atoms with Crippen LogP contribution in [0.4, 0.5) is 0 Å². The van der Waals surface area contributed by atoms with Crippen LogP contribution in [0.25, 0.3) is 5.69 Å². The van der Waals surface area contributed by atoms with Gasteiger partial charge in [0.15, 0.2) is 5.82 Å². The summed E-state index contributed by atoms with van der Waals surface area (Å²) in [6.07, 6.45) is 3.47. The zero-order valence-corrected chi connectivity index (χ0v) is 14.4. The van der Waals surface area contributed by atoms with E-state index in [0.29, 0.717) is 17.4 Å². The fourth-order valence-electron chi connectivity index (χ4n) is 2.22. The first-order valence-corrected chi connectivity index (χ1v) is 9.22. The van der Waals surface area contributed by atoms with E-state index in [2.05, 4.69) is 20.5 Å². The monoisotopic (exact) mass is 345 g/mol. The highest BCUT2D eigenvalue weighted by Crippen LogP contribution is 2.20. The van der Waals surface area contributed by atoms with Crippen LogP contribution < -0.4 is 0 Å². The van der Waals surface area contributed by atoms with Gasteiger partial charge in [0, 0.05) is 17.2 Å². The van der Waals surface area contributed by atoms with Crippen LogP contribution in [0.2, 0.25) is 0 Å². The van der Waals surface area contributed by atoms with E-state index in [0.717, 1.165) is 18.5 Å². The third-order valence-electron chi connectivity index (χ3n) is 3.59. The van der Waals surface area contributed by atoms with Gasteiger partial charge in [0.05, 0.1) is 28.6 Å². The first-order valence-electron chi connectivity index (χ1n) is 7.83. The number of hydrogen-bond acceptors (Lipinski definition) is 6. The quantitative estimate of drug-likeness (QED) is 0.654. The Morgan fingerprint density at radius 1 is 1.29 bits per heavy atom. The van der Waals surface area contributed by atoms with E-state index in [4.69, 9.17) is 4.52 Å². The Morgan fingerprint density at radius 2 is 2.08 bits per heavy atom. The Labute approximate surface area is 142 Å². The summed E-state index contributed by atoms with van der Waals surface area (Å²) in [7, 11) is -1.20. The molecule has 0 amide bonds. The van der Waals surface area contributed by atoms with Gasteiger partial charge in [-0.05, 0) is 25.5 Å². The van der Waals surface area contributed by atoms with Crippen LogP contribution in [0.15, 0.2) is 41.1 Å². The molecule has 24 heavy (non-hydrogen) atoms. The summed E-state index contributed by atoms with van der Waals surface area (Å²) in [5, 5.41) is 11.9. The van der Waals surface area contributed by atoms with Crippen molar-refractivity contribution in [3.63, 3.8) is 0 Å². The zero-order chi connectivity index (χ0) is 16.9. The van der Waals surface area contributed by atoms with Gasteiger partial charge in [0.1, 0.15) is 0 Å². The molecule has 0 aliphatic heterocycles. The molecule has 7 nitrogen and oxygen atoms in total. The van der Waals surface area contributed by atoms with Gasteiger partial charge in [-0.15, -0.1) is 5.10 Å². The summed E-state index contributed by atoms with van der Waals surface area (Å²) in [5.74, 6) is 1.30. The maximum absolute atomic E-state index is 12.5. The second-order valence-corrected chi connectivity index (χ2v) is 7.20. The van der Waals surface area contributed by atoms with E-state index < -0.39 is 10.8 Å². The molecule has 3 rings (SSSR count). The molecule has 0 aliphatic rings. The fraction of sp³-hybridized carbons (Fsp3) is 0.375. The fourth-order valence-corrected chi connectivity index (χ4v) is 3.22. The van der Waals surface area contributed by atoms with Crippen LogP contribution in [-0.4, -0.2) is 29.3 Å². The van der Waals surface area contributed by atoms with Crippen molar-refractivity contribution >= 4 is 10.8 Å². The first kappa shape index (κ1) is 16.5. The van der Waals surface area contributed by atoms with Gasteiger partial charge in [0.2, 0.25) is 5.89 Å². The summed E-state index contributed by atoms with van der Waals surface area (Å²) >= 11 is 0. The molecule has 1 aromatic carbocycles. The maximum Gasteiger partial charge on any atom is 0.226 e. The van der Waals surface area contributed by atoms with E-state index in [9.17, 15) is 4.21 Å². The Bertz CT molecular complexity index is 815. The molecule has 0 fully saturated rings. The van der Waals surface area contributed by atoms with Gasteiger partial charge in [0.25, 0.3) is 0 Å². The lowest BCUT2D eigenvalue weighted by molar-refractivity contribution is 0.373. The molecule has 0 saturated carbocycles. The summed E-state index contributed by atoms with van der Waals surface area (Å²) in [5.41, 5.74) is 1.59. The molecule has 3 aromatic rings. The highest BCUT2D eigenvalue weighted by Gasteiger charge is 2.20. The van der Waals surface area contributed by atoms with Gasteiger partial charge in [-0.2, -0.15) is 4.98 Å². The lowest BCUT2D eigenvalue weighted by Crippen LogP contribution is -2.07. The van der Waals surface area contributed by atoms with Crippen molar-refractivity contribution < 1.29 is 8.73 Å². The second-order valence-electron chi connectivity index (χ2n) is 5.45. The normalized spacial score (nSPS) is 13.8. The third-order valence-corrected chi connectivity index (χ3v) is 5.16. The highest BCUT2D eigenvalue weighted by atomic mass is 32.2.